The van der Waals surface area contributed by atoms with E-state index in [4.69, 9.17) is 4.74 Å². The summed E-state index contributed by atoms with van der Waals surface area (Å²) in [5.74, 6) is 0.193. The fourth-order valence-electron chi connectivity index (χ4n) is 2.60. The molecule has 0 unspecified atom stereocenters. The van der Waals surface area contributed by atoms with Crippen LogP contribution in [0.2, 0.25) is 0 Å². The standard InChI is InChI=1S/C17H20N2O2/c20-17(8-5-15-2-1-9-18-15)14-3-6-16(7-4-14)19-10-12-21-13-11-19/h1-4,6-7,9,18H,5,8,10-13H2. The maximum atomic E-state index is 12.2. The number of ketones is 1. The topological polar surface area (TPSA) is 45.3 Å². The number of aromatic amines is 1. The van der Waals surface area contributed by atoms with E-state index in [9.17, 15) is 4.79 Å². The van der Waals surface area contributed by atoms with E-state index in [1.807, 2.05) is 42.6 Å². The molecule has 0 atom stereocenters. The highest BCUT2D eigenvalue weighted by molar-refractivity contribution is 5.96. The van der Waals surface area contributed by atoms with Gasteiger partial charge in [0.05, 0.1) is 13.2 Å². The zero-order valence-electron chi connectivity index (χ0n) is 12.0. The molecule has 1 saturated heterocycles. The maximum Gasteiger partial charge on any atom is 0.163 e. The van der Waals surface area contributed by atoms with Crippen molar-refractivity contribution in [1.82, 2.24) is 4.98 Å². The van der Waals surface area contributed by atoms with Gasteiger partial charge in [-0.2, -0.15) is 0 Å². The van der Waals surface area contributed by atoms with Crippen LogP contribution < -0.4 is 4.90 Å². The Morgan fingerprint density at radius 3 is 2.57 bits per heavy atom. The molecule has 4 nitrogen and oxygen atoms in total. The van der Waals surface area contributed by atoms with E-state index >= 15 is 0 Å². The van der Waals surface area contributed by atoms with Gasteiger partial charge in [0.2, 0.25) is 0 Å². The molecular weight excluding hydrogens is 264 g/mol. The van der Waals surface area contributed by atoms with Crippen LogP contribution in [0.4, 0.5) is 5.69 Å². The molecular formula is C17H20N2O2. The number of ether oxygens (including phenoxy) is 1. The van der Waals surface area contributed by atoms with E-state index in [0.717, 1.165) is 44.0 Å². The Labute approximate surface area is 124 Å². The van der Waals surface area contributed by atoms with Crippen LogP contribution in [-0.2, 0) is 11.2 Å². The Kier molecular flexibility index (Phi) is 4.36. The number of rotatable bonds is 5. The molecule has 0 amide bonds. The van der Waals surface area contributed by atoms with Crippen molar-refractivity contribution in [2.45, 2.75) is 12.8 Å². The van der Waals surface area contributed by atoms with E-state index in [1.165, 1.54) is 5.69 Å². The largest absolute Gasteiger partial charge is 0.378 e. The lowest BCUT2D eigenvalue weighted by Crippen LogP contribution is -2.36. The zero-order valence-corrected chi connectivity index (χ0v) is 12.0. The van der Waals surface area contributed by atoms with Gasteiger partial charge in [-0.15, -0.1) is 0 Å². The Bertz CT molecular complexity index is 569. The normalized spacial score (nSPS) is 15.1. The number of hydrogen-bond acceptors (Lipinski definition) is 3. The van der Waals surface area contributed by atoms with Gasteiger partial charge in [-0.1, -0.05) is 0 Å². The molecule has 0 aliphatic carbocycles. The highest BCUT2D eigenvalue weighted by atomic mass is 16.5. The second kappa shape index (κ2) is 6.59. The van der Waals surface area contributed by atoms with Gasteiger partial charge in [-0.3, -0.25) is 4.79 Å². The summed E-state index contributed by atoms with van der Waals surface area (Å²) in [6.07, 6.45) is 3.19. The summed E-state index contributed by atoms with van der Waals surface area (Å²) in [7, 11) is 0. The Morgan fingerprint density at radius 1 is 1.14 bits per heavy atom. The number of nitrogens with one attached hydrogen (secondary N) is 1. The minimum Gasteiger partial charge on any atom is -0.378 e. The van der Waals surface area contributed by atoms with Crippen molar-refractivity contribution in [3.05, 3.63) is 53.9 Å². The lowest BCUT2D eigenvalue weighted by Gasteiger charge is -2.28. The number of Topliss-reactive ketones (excluding diaryl/α,β-unsaturated/α-hetero) is 1. The van der Waals surface area contributed by atoms with Gasteiger partial charge in [0.1, 0.15) is 0 Å². The predicted molar refractivity (Wildman–Crippen MR) is 82.9 cm³/mol. The van der Waals surface area contributed by atoms with Crippen molar-refractivity contribution < 1.29 is 9.53 Å². The summed E-state index contributed by atoms with van der Waals surface area (Å²) in [4.78, 5) is 17.6. The first-order valence-electron chi connectivity index (χ1n) is 7.41. The Morgan fingerprint density at radius 2 is 1.90 bits per heavy atom. The van der Waals surface area contributed by atoms with Crippen molar-refractivity contribution in [3.63, 3.8) is 0 Å². The molecule has 0 radical (unpaired) electrons. The number of carbonyl (C=O) groups excluding carboxylic acids is 1. The molecule has 2 aromatic rings. The third kappa shape index (κ3) is 3.52. The van der Waals surface area contributed by atoms with E-state index in [0.29, 0.717) is 6.42 Å². The smallest absolute Gasteiger partial charge is 0.163 e. The van der Waals surface area contributed by atoms with Gasteiger partial charge in [0, 0.05) is 42.7 Å². The molecule has 110 valence electrons. The molecule has 21 heavy (non-hydrogen) atoms. The number of carbonyl (C=O) groups is 1. The minimum absolute atomic E-state index is 0.193. The van der Waals surface area contributed by atoms with Crippen LogP contribution >= 0.6 is 0 Å². The summed E-state index contributed by atoms with van der Waals surface area (Å²) in [5.41, 5.74) is 3.06. The quantitative estimate of drug-likeness (QED) is 0.859. The van der Waals surface area contributed by atoms with Crippen LogP contribution in [0.3, 0.4) is 0 Å². The van der Waals surface area contributed by atoms with Crippen LogP contribution in [0.1, 0.15) is 22.5 Å². The molecule has 1 aromatic heterocycles. The van der Waals surface area contributed by atoms with Crippen molar-refractivity contribution in [2.24, 2.45) is 0 Å². The van der Waals surface area contributed by atoms with E-state index < -0.39 is 0 Å². The van der Waals surface area contributed by atoms with Gasteiger partial charge in [-0.05, 0) is 42.8 Å². The number of nitrogens with zero attached hydrogens (tertiary/aromatic N) is 1. The molecule has 0 spiro atoms. The van der Waals surface area contributed by atoms with E-state index in [2.05, 4.69) is 9.88 Å². The third-order valence-electron chi connectivity index (χ3n) is 3.85. The first-order chi connectivity index (χ1) is 10.3. The van der Waals surface area contributed by atoms with Crippen LogP contribution in [0.15, 0.2) is 42.6 Å². The molecule has 1 fully saturated rings. The highest BCUT2D eigenvalue weighted by Gasteiger charge is 2.12. The number of aromatic nitrogens is 1. The number of benzene rings is 1. The van der Waals surface area contributed by atoms with E-state index in [-0.39, 0.29) is 5.78 Å². The second-order valence-electron chi connectivity index (χ2n) is 5.26. The number of morpholine rings is 1. The average molecular weight is 284 g/mol. The monoisotopic (exact) mass is 284 g/mol. The molecule has 2 heterocycles. The summed E-state index contributed by atoms with van der Waals surface area (Å²) in [6.45, 7) is 3.38. The molecule has 1 aliphatic rings. The van der Waals surface area contributed by atoms with E-state index in [1.54, 1.807) is 0 Å². The molecule has 0 bridgehead atoms. The number of anilines is 1. The van der Waals surface area contributed by atoms with Crippen molar-refractivity contribution in [1.29, 1.82) is 0 Å². The second-order valence-corrected chi connectivity index (χ2v) is 5.26. The first kappa shape index (κ1) is 13.9. The Balaban J connectivity index is 1.59. The fraction of sp³-hybridized carbons (Fsp3) is 0.353. The minimum atomic E-state index is 0.193. The summed E-state index contributed by atoms with van der Waals surface area (Å²) in [6, 6.07) is 11.9. The molecule has 1 N–H and O–H groups in total. The Hall–Kier alpha value is -2.07. The molecule has 4 heteroatoms. The van der Waals surface area contributed by atoms with Gasteiger partial charge >= 0.3 is 0 Å². The summed E-state index contributed by atoms with van der Waals surface area (Å²) >= 11 is 0. The van der Waals surface area contributed by atoms with Gasteiger partial charge in [0.15, 0.2) is 5.78 Å². The lowest BCUT2D eigenvalue weighted by molar-refractivity contribution is 0.0982. The highest BCUT2D eigenvalue weighted by Crippen LogP contribution is 2.17. The number of hydrogen-bond donors (Lipinski definition) is 1. The predicted octanol–water partition coefficient (Wildman–Crippen LogP) is 2.67. The van der Waals surface area contributed by atoms with Crippen LogP contribution in [0.25, 0.3) is 0 Å². The van der Waals surface area contributed by atoms with Gasteiger partial charge in [-0.25, -0.2) is 0 Å². The summed E-state index contributed by atoms with van der Waals surface area (Å²) < 4.78 is 5.35. The molecule has 0 saturated carbocycles. The van der Waals surface area contributed by atoms with Crippen molar-refractivity contribution >= 4 is 11.5 Å². The number of H-pyrrole nitrogens is 1. The fourth-order valence-corrected chi connectivity index (χ4v) is 2.60. The third-order valence-corrected chi connectivity index (χ3v) is 3.85. The van der Waals surface area contributed by atoms with Crippen LogP contribution in [0, 0.1) is 0 Å². The van der Waals surface area contributed by atoms with Crippen LogP contribution in [-0.4, -0.2) is 37.1 Å². The van der Waals surface area contributed by atoms with Crippen molar-refractivity contribution in [2.75, 3.05) is 31.2 Å². The number of aryl methyl sites for hydroxylation is 1. The van der Waals surface area contributed by atoms with Gasteiger partial charge < -0.3 is 14.6 Å². The summed E-state index contributed by atoms with van der Waals surface area (Å²) in [5, 5.41) is 0. The lowest BCUT2D eigenvalue weighted by atomic mass is 10.0. The average Bonchev–Trinajstić information content (AvgIpc) is 3.07. The maximum absolute atomic E-state index is 12.2. The molecule has 1 aromatic carbocycles. The zero-order chi connectivity index (χ0) is 14.5. The first-order valence-corrected chi connectivity index (χ1v) is 7.41. The molecule has 3 rings (SSSR count). The van der Waals surface area contributed by atoms with Crippen molar-refractivity contribution in [3.8, 4) is 0 Å². The van der Waals surface area contributed by atoms with Gasteiger partial charge in [0.25, 0.3) is 0 Å². The van der Waals surface area contributed by atoms with Crippen LogP contribution in [0.5, 0.6) is 0 Å². The SMILES string of the molecule is O=C(CCc1ccc[nH]1)c1ccc(N2CCOCC2)cc1. The molecule has 1 aliphatic heterocycles.